The van der Waals surface area contributed by atoms with Crippen LogP contribution >= 0.6 is 11.6 Å². The molecule has 1 aromatic heterocycles. The Morgan fingerprint density at radius 1 is 1.41 bits per heavy atom. The van der Waals surface area contributed by atoms with Gasteiger partial charge in [0.25, 0.3) is 0 Å². The Bertz CT molecular complexity index is 419. The van der Waals surface area contributed by atoms with Gasteiger partial charge in [0, 0.05) is 5.92 Å². The molecule has 2 rings (SSSR count). The first kappa shape index (κ1) is 12.2. The van der Waals surface area contributed by atoms with Crippen molar-refractivity contribution in [2.75, 3.05) is 6.61 Å². The molecule has 0 radical (unpaired) electrons. The maximum atomic E-state index is 11.4. The van der Waals surface area contributed by atoms with Crippen LogP contribution in [0.3, 0.4) is 0 Å². The monoisotopic (exact) mass is 255 g/mol. The van der Waals surface area contributed by atoms with E-state index in [0.29, 0.717) is 11.7 Å². The Labute approximate surface area is 105 Å². The van der Waals surface area contributed by atoms with Crippen LogP contribution in [-0.4, -0.2) is 27.8 Å². The highest BCUT2D eigenvalue weighted by Crippen LogP contribution is 2.32. The highest BCUT2D eigenvalue weighted by atomic mass is 35.5. The standard InChI is InChI=1S/C11H14ClN3O2/c1-2-17-11(16)8-9(12)13-10(15-14-8)7-5-3-4-6-7/h7H,2-6H2,1H3. The third-order valence-electron chi connectivity index (χ3n) is 2.85. The van der Waals surface area contributed by atoms with E-state index in [1.807, 2.05) is 0 Å². The molecule has 0 saturated heterocycles. The first-order valence-corrected chi connectivity index (χ1v) is 6.17. The fourth-order valence-electron chi connectivity index (χ4n) is 2.00. The van der Waals surface area contributed by atoms with E-state index < -0.39 is 5.97 Å². The summed E-state index contributed by atoms with van der Waals surface area (Å²) in [7, 11) is 0. The summed E-state index contributed by atoms with van der Waals surface area (Å²) in [4.78, 5) is 15.6. The molecule has 0 aliphatic heterocycles. The number of aromatic nitrogens is 3. The number of ether oxygens (including phenoxy) is 1. The number of halogens is 1. The van der Waals surface area contributed by atoms with Gasteiger partial charge in [-0.1, -0.05) is 24.4 Å². The van der Waals surface area contributed by atoms with E-state index in [-0.39, 0.29) is 17.5 Å². The SMILES string of the molecule is CCOC(=O)c1nnc(C2CCCC2)nc1Cl. The molecule has 5 nitrogen and oxygen atoms in total. The molecule has 92 valence electrons. The van der Waals surface area contributed by atoms with E-state index in [2.05, 4.69) is 15.2 Å². The zero-order chi connectivity index (χ0) is 12.3. The lowest BCUT2D eigenvalue weighted by Crippen LogP contribution is -2.13. The van der Waals surface area contributed by atoms with Gasteiger partial charge < -0.3 is 4.74 Å². The van der Waals surface area contributed by atoms with E-state index in [1.54, 1.807) is 6.92 Å². The van der Waals surface area contributed by atoms with Gasteiger partial charge in [-0.05, 0) is 19.8 Å². The zero-order valence-electron chi connectivity index (χ0n) is 9.65. The molecule has 1 aliphatic carbocycles. The van der Waals surface area contributed by atoms with Crippen molar-refractivity contribution in [1.29, 1.82) is 0 Å². The third-order valence-corrected chi connectivity index (χ3v) is 3.11. The summed E-state index contributed by atoms with van der Waals surface area (Å²) in [5.74, 6) is 0.396. The van der Waals surface area contributed by atoms with Crippen molar-refractivity contribution >= 4 is 17.6 Å². The van der Waals surface area contributed by atoms with E-state index in [4.69, 9.17) is 16.3 Å². The average molecular weight is 256 g/mol. The molecule has 1 heterocycles. The van der Waals surface area contributed by atoms with Crippen LogP contribution < -0.4 is 0 Å². The van der Waals surface area contributed by atoms with Gasteiger partial charge in [-0.2, -0.15) is 0 Å². The predicted molar refractivity (Wildman–Crippen MR) is 62.0 cm³/mol. The molecular weight excluding hydrogens is 242 g/mol. The highest BCUT2D eigenvalue weighted by Gasteiger charge is 2.23. The fourth-order valence-corrected chi connectivity index (χ4v) is 2.20. The summed E-state index contributed by atoms with van der Waals surface area (Å²) < 4.78 is 4.81. The molecule has 0 bridgehead atoms. The van der Waals surface area contributed by atoms with Gasteiger partial charge in [0.1, 0.15) is 0 Å². The zero-order valence-corrected chi connectivity index (χ0v) is 10.4. The lowest BCUT2D eigenvalue weighted by Gasteiger charge is -2.07. The van der Waals surface area contributed by atoms with Crippen LogP contribution in [0.2, 0.25) is 5.15 Å². The van der Waals surface area contributed by atoms with Crippen LogP contribution in [0.25, 0.3) is 0 Å². The van der Waals surface area contributed by atoms with Crippen molar-refractivity contribution in [3.63, 3.8) is 0 Å². The summed E-state index contributed by atoms with van der Waals surface area (Å²) >= 11 is 5.92. The van der Waals surface area contributed by atoms with Crippen LogP contribution in [0.5, 0.6) is 0 Å². The predicted octanol–water partition coefficient (Wildman–Crippen LogP) is 2.36. The molecule has 0 spiro atoms. The molecule has 0 unspecified atom stereocenters. The number of rotatable bonds is 3. The van der Waals surface area contributed by atoms with Crippen LogP contribution in [0, 0.1) is 0 Å². The Morgan fingerprint density at radius 2 is 2.12 bits per heavy atom. The Morgan fingerprint density at radius 3 is 2.71 bits per heavy atom. The molecule has 6 heteroatoms. The van der Waals surface area contributed by atoms with Gasteiger partial charge in [-0.15, -0.1) is 10.2 Å². The summed E-state index contributed by atoms with van der Waals surface area (Å²) in [6, 6.07) is 0. The van der Waals surface area contributed by atoms with Crippen LogP contribution in [-0.2, 0) is 4.74 Å². The number of carbonyl (C=O) groups excluding carboxylic acids is 1. The van der Waals surface area contributed by atoms with Gasteiger partial charge in [0.2, 0.25) is 5.69 Å². The van der Waals surface area contributed by atoms with Crippen molar-refractivity contribution in [2.45, 2.75) is 38.5 Å². The normalized spacial score (nSPS) is 16.1. The lowest BCUT2D eigenvalue weighted by molar-refractivity contribution is 0.0517. The second-order valence-corrected chi connectivity index (χ2v) is 4.37. The average Bonchev–Trinajstić information content (AvgIpc) is 2.82. The van der Waals surface area contributed by atoms with Crippen LogP contribution in [0.1, 0.15) is 54.8 Å². The van der Waals surface area contributed by atoms with Gasteiger partial charge in [0.15, 0.2) is 11.0 Å². The molecule has 1 aromatic rings. The topological polar surface area (TPSA) is 65.0 Å². The molecule has 0 amide bonds. The first-order chi connectivity index (χ1) is 8.22. The molecule has 0 aromatic carbocycles. The van der Waals surface area contributed by atoms with E-state index in [9.17, 15) is 4.79 Å². The molecule has 1 saturated carbocycles. The maximum absolute atomic E-state index is 11.4. The van der Waals surface area contributed by atoms with Crippen LogP contribution in [0.4, 0.5) is 0 Å². The Hall–Kier alpha value is -1.23. The highest BCUT2D eigenvalue weighted by molar-refractivity contribution is 6.32. The van der Waals surface area contributed by atoms with E-state index >= 15 is 0 Å². The van der Waals surface area contributed by atoms with Crippen molar-refractivity contribution in [3.8, 4) is 0 Å². The largest absolute Gasteiger partial charge is 0.461 e. The van der Waals surface area contributed by atoms with Crippen molar-refractivity contribution in [3.05, 3.63) is 16.7 Å². The molecule has 0 N–H and O–H groups in total. The van der Waals surface area contributed by atoms with Crippen LogP contribution in [0.15, 0.2) is 0 Å². The molecular formula is C11H14ClN3O2. The van der Waals surface area contributed by atoms with Gasteiger partial charge in [-0.25, -0.2) is 9.78 Å². The Balaban J connectivity index is 2.19. The molecule has 17 heavy (non-hydrogen) atoms. The number of hydrogen-bond donors (Lipinski definition) is 0. The lowest BCUT2D eigenvalue weighted by atomic mass is 10.1. The first-order valence-electron chi connectivity index (χ1n) is 5.79. The number of hydrogen-bond acceptors (Lipinski definition) is 5. The van der Waals surface area contributed by atoms with Crippen molar-refractivity contribution in [2.24, 2.45) is 0 Å². The quantitative estimate of drug-likeness (QED) is 0.776. The van der Waals surface area contributed by atoms with Gasteiger partial charge >= 0.3 is 5.97 Å². The number of nitrogens with zero attached hydrogens (tertiary/aromatic N) is 3. The van der Waals surface area contributed by atoms with E-state index in [0.717, 1.165) is 12.8 Å². The summed E-state index contributed by atoms with van der Waals surface area (Å²) in [6.07, 6.45) is 4.50. The fraction of sp³-hybridized carbons (Fsp3) is 0.636. The molecule has 1 fully saturated rings. The third kappa shape index (κ3) is 2.72. The summed E-state index contributed by atoms with van der Waals surface area (Å²) in [5, 5.41) is 7.88. The number of esters is 1. The number of carbonyl (C=O) groups is 1. The van der Waals surface area contributed by atoms with E-state index in [1.165, 1.54) is 12.8 Å². The van der Waals surface area contributed by atoms with Crippen molar-refractivity contribution in [1.82, 2.24) is 15.2 Å². The minimum Gasteiger partial charge on any atom is -0.461 e. The molecule has 0 atom stereocenters. The second-order valence-electron chi connectivity index (χ2n) is 4.01. The Kier molecular flexibility index (Phi) is 3.89. The van der Waals surface area contributed by atoms with Gasteiger partial charge in [-0.3, -0.25) is 0 Å². The summed E-state index contributed by atoms with van der Waals surface area (Å²) in [6.45, 7) is 2.00. The maximum Gasteiger partial charge on any atom is 0.362 e. The minimum atomic E-state index is -0.574. The second kappa shape index (κ2) is 5.40. The van der Waals surface area contributed by atoms with Gasteiger partial charge in [0.05, 0.1) is 6.61 Å². The summed E-state index contributed by atoms with van der Waals surface area (Å²) in [5.41, 5.74) is -0.00439. The minimum absolute atomic E-state index is 0.00439. The smallest absolute Gasteiger partial charge is 0.362 e. The van der Waals surface area contributed by atoms with Crippen molar-refractivity contribution < 1.29 is 9.53 Å². The molecule has 1 aliphatic rings.